The van der Waals surface area contributed by atoms with Crippen LogP contribution >= 0.6 is 0 Å². The van der Waals surface area contributed by atoms with Gasteiger partial charge in [-0.15, -0.1) is 0 Å². The molecule has 0 aliphatic carbocycles. The van der Waals surface area contributed by atoms with E-state index in [-0.39, 0.29) is 17.7 Å². The number of carbonyl (C=O) groups excluding carboxylic acids is 1. The summed E-state index contributed by atoms with van der Waals surface area (Å²) >= 11 is 0. The molecule has 1 aromatic rings. The first-order valence-electron chi connectivity index (χ1n) is 4.90. The SMILES string of the molecule is CCC(O)CCNC(=O)c1[nH]ncc1N. The van der Waals surface area contributed by atoms with Gasteiger partial charge in [0, 0.05) is 6.54 Å². The van der Waals surface area contributed by atoms with Crippen LogP contribution in [0, 0.1) is 0 Å². The highest BCUT2D eigenvalue weighted by Gasteiger charge is 2.11. The van der Waals surface area contributed by atoms with E-state index < -0.39 is 0 Å². The molecule has 0 saturated heterocycles. The number of aromatic amines is 1. The molecule has 0 aliphatic heterocycles. The molecule has 0 aromatic carbocycles. The molecule has 0 aliphatic rings. The van der Waals surface area contributed by atoms with Crippen LogP contribution in [-0.4, -0.2) is 33.9 Å². The molecule has 15 heavy (non-hydrogen) atoms. The molecule has 1 heterocycles. The molecule has 0 radical (unpaired) electrons. The van der Waals surface area contributed by atoms with Crippen molar-refractivity contribution in [1.29, 1.82) is 0 Å². The molecule has 5 N–H and O–H groups in total. The van der Waals surface area contributed by atoms with E-state index in [1.165, 1.54) is 6.20 Å². The van der Waals surface area contributed by atoms with Crippen LogP contribution in [0.3, 0.4) is 0 Å². The van der Waals surface area contributed by atoms with Crippen molar-refractivity contribution in [3.63, 3.8) is 0 Å². The monoisotopic (exact) mass is 212 g/mol. The molecular formula is C9H16N4O2. The van der Waals surface area contributed by atoms with Gasteiger partial charge < -0.3 is 16.2 Å². The van der Waals surface area contributed by atoms with Crippen LogP contribution in [0.5, 0.6) is 0 Å². The standard InChI is InChI=1S/C9H16N4O2/c1-2-6(14)3-4-11-9(15)8-7(10)5-12-13-8/h5-6,14H,2-4,10H2,1H3,(H,11,15)(H,12,13). The number of rotatable bonds is 5. The van der Waals surface area contributed by atoms with E-state index in [1.807, 2.05) is 6.92 Å². The summed E-state index contributed by atoms with van der Waals surface area (Å²) in [5, 5.41) is 18.1. The van der Waals surface area contributed by atoms with Crippen molar-refractivity contribution in [2.75, 3.05) is 12.3 Å². The molecule has 1 unspecified atom stereocenters. The second-order valence-corrected chi connectivity index (χ2v) is 3.31. The van der Waals surface area contributed by atoms with Gasteiger partial charge in [-0.2, -0.15) is 5.10 Å². The Hall–Kier alpha value is -1.56. The Morgan fingerprint density at radius 1 is 1.80 bits per heavy atom. The van der Waals surface area contributed by atoms with E-state index in [0.29, 0.717) is 25.1 Å². The lowest BCUT2D eigenvalue weighted by molar-refractivity contribution is 0.0938. The minimum Gasteiger partial charge on any atom is -0.396 e. The number of hydrogen-bond acceptors (Lipinski definition) is 4. The van der Waals surface area contributed by atoms with Gasteiger partial charge in [-0.3, -0.25) is 9.89 Å². The zero-order valence-corrected chi connectivity index (χ0v) is 8.66. The average molecular weight is 212 g/mol. The number of nitrogens with two attached hydrogens (primary N) is 1. The molecular weight excluding hydrogens is 196 g/mol. The fourth-order valence-electron chi connectivity index (χ4n) is 1.12. The third-order valence-corrected chi connectivity index (χ3v) is 2.13. The summed E-state index contributed by atoms with van der Waals surface area (Å²) in [4.78, 5) is 11.5. The number of nitrogens with zero attached hydrogens (tertiary/aromatic N) is 1. The van der Waals surface area contributed by atoms with Gasteiger partial charge in [-0.1, -0.05) is 6.92 Å². The van der Waals surface area contributed by atoms with Crippen molar-refractivity contribution in [1.82, 2.24) is 15.5 Å². The van der Waals surface area contributed by atoms with E-state index in [9.17, 15) is 9.90 Å². The maximum absolute atomic E-state index is 11.5. The van der Waals surface area contributed by atoms with E-state index >= 15 is 0 Å². The molecule has 1 atom stereocenters. The number of aliphatic hydroxyl groups is 1. The zero-order valence-electron chi connectivity index (χ0n) is 8.66. The predicted octanol–water partition coefficient (Wildman–Crippen LogP) is -0.117. The van der Waals surface area contributed by atoms with Gasteiger partial charge in [0.05, 0.1) is 18.0 Å². The quantitative estimate of drug-likeness (QED) is 0.546. The zero-order chi connectivity index (χ0) is 11.3. The molecule has 1 aromatic heterocycles. The van der Waals surface area contributed by atoms with Crippen LogP contribution < -0.4 is 11.1 Å². The highest BCUT2D eigenvalue weighted by atomic mass is 16.3. The maximum atomic E-state index is 11.5. The Balaban J connectivity index is 2.34. The molecule has 0 saturated carbocycles. The summed E-state index contributed by atoms with van der Waals surface area (Å²) in [6.07, 6.45) is 2.23. The van der Waals surface area contributed by atoms with Crippen molar-refractivity contribution in [3.05, 3.63) is 11.9 Å². The fourth-order valence-corrected chi connectivity index (χ4v) is 1.12. The van der Waals surface area contributed by atoms with Crippen LogP contribution in [0.2, 0.25) is 0 Å². The fraction of sp³-hybridized carbons (Fsp3) is 0.556. The number of H-pyrrole nitrogens is 1. The molecule has 6 heteroatoms. The lowest BCUT2D eigenvalue weighted by atomic mass is 10.2. The average Bonchev–Trinajstić information content (AvgIpc) is 2.64. The van der Waals surface area contributed by atoms with Crippen LogP contribution in [0.4, 0.5) is 5.69 Å². The second kappa shape index (κ2) is 5.35. The lowest BCUT2D eigenvalue weighted by Crippen LogP contribution is -2.27. The van der Waals surface area contributed by atoms with Crippen molar-refractivity contribution in [2.45, 2.75) is 25.9 Å². The topological polar surface area (TPSA) is 104 Å². The predicted molar refractivity (Wildman–Crippen MR) is 56.2 cm³/mol. The van der Waals surface area contributed by atoms with Gasteiger partial charge in [0.25, 0.3) is 5.91 Å². The van der Waals surface area contributed by atoms with Crippen LogP contribution in [0.25, 0.3) is 0 Å². The van der Waals surface area contributed by atoms with E-state index in [0.717, 1.165) is 0 Å². The number of anilines is 1. The third kappa shape index (κ3) is 3.25. The summed E-state index contributed by atoms with van der Waals surface area (Å²) in [5.41, 5.74) is 6.08. The third-order valence-electron chi connectivity index (χ3n) is 2.13. The highest BCUT2D eigenvalue weighted by molar-refractivity contribution is 5.96. The first-order chi connectivity index (χ1) is 7.15. The van der Waals surface area contributed by atoms with Crippen molar-refractivity contribution < 1.29 is 9.90 Å². The molecule has 1 rings (SSSR count). The first-order valence-corrected chi connectivity index (χ1v) is 4.90. The van der Waals surface area contributed by atoms with Gasteiger partial charge in [-0.25, -0.2) is 0 Å². The number of aliphatic hydroxyl groups excluding tert-OH is 1. The second-order valence-electron chi connectivity index (χ2n) is 3.31. The number of amides is 1. The number of nitrogens with one attached hydrogen (secondary N) is 2. The first kappa shape index (κ1) is 11.5. The normalized spacial score (nSPS) is 12.4. The Kier molecular flexibility index (Phi) is 4.11. The summed E-state index contributed by atoms with van der Waals surface area (Å²) in [6, 6.07) is 0. The van der Waals surface area contributed by atoms with E-state index in [2.05, 4.69) is 15.5 Å². The lowest BCUT2D eigenvalue weighted by Gasteiger charge is -2.08. The molecule has 84 valence electrons. The molecule has 1 amide bonds. The Labute approximate surface area is 87.9 Å². The van der Waals surface area contributed by atoms with Crippen molar-refractivity contribution in [3.8, 4) is 0 Å². The summed E-state index contributed by atoms with van der Waals surface area (Å²) in [6.45, 7) is 2.31. The summed E-state index contributed by atoms with van der Waals surface area (Å²) in [5.74, 6) is -0.298. The molecule has 0 spiro atoms. The van der Waals surface area contributed by atoms with Gasteiger partial charge in [0.2, 0.25) is 0 Å². The van der Waals surface area contributed by atoms with Crippen molar-refractivity contribution in [2.24, 2.45) is 0 Å². The van der Waals surface area contributed by atoms with Crippen LogP contribution in [0.15, 0.2) is 6.20 Å². The number of hydrogen-bond donors (Lipinski definition) is 4. The van der Waals surface area contributed by atoms with Gasteiger partial charge >= 0.3 is 0 Å². The van der Waals surface area contributed by atoms with Gasteiger partial charge in [-0.05, 0) is 12.8 Å². The Morgan fingerprint density at radius 3 is 3.07 bits per heavy atom. The van der Waals surface area contributed by atoms with Crippen LogP contribution in [0.1, 0.15) is 30.3 Å². The van der Waals surface area contributed by atoms with E-state index in [1.54, 1.807) is 0 Å². The molecule has 0 bridgehead atoms. The Morgan fingerprint density at radius 2 is 2.53 bits per heavy atom. The van der Waals surface area contributed by atoms with Crippen LogP contribution in [-0.2, 0) is 0 Å². The summed E-state index contributed by atoms with van der Waals surface area (Å²) in [7, 11) is 0. The maximum Gasteiger partial charge on any atom is 0.271 e. The minimum absolute atomic E-state index is 0.265. The smallest absolute Gasteiger partial charge is 0.271 e. The summed E-state index contributed by atoms with van der Waals surface area (Å²) < 4.78 is 0. The number of nitrogen functional groups attached to an aromatic ring is 1. The Bertz CT molecular complexity index is 324. The number of aromatic nitrogens is 2. The highest BCUT2D eigenvalue weighted by Crippen LogP contribution is 2.05. The van der Waals surface area contributed by atoms with Gasteiger partial charge in [0.15, 0.2) is 0 Å². The van der Waals surface area contributed by atoms with E-state index in [4.69, 9.17) is 5.73 Å². The molecule has 6 nitrogen and oxygen atoms in total. The molecule has 0 fully saturated rings. The van der Waals surface area contributed by atoms with Gasteiger partial charge in [0.1, 0.15) is 5.69 Å². The van der Waals surface area contributed by atoms with Crippen molar-refractivity contribution >= 4 is 11.6 Å². The largest absolute Gasteiger partial charge is 0.396 e. The number of carbonyl (C=O) groups is 1. The minimum atomic E-state index is -0.371.